The van der Waals surface area contributed by atoms with Crippen LogP contribution in [0.1, 0.15) is 28.9 Å². The number of hydrogen-bond donors (Lipinski definition) is 2. The number of rotatable bonds is 5. The highest BCUT2D eigenvalue weighted by atomic mass is 35.5. The molecule has 0 aliphatic carbocycles. The highest BCUT2D eigenvalue weighted by Gasteiger charge is 2.27. The number of thiophene rings is 1. The first kappa shape index (κ1) is 21.9. The van der Waals surface area contributed by atoms with Crippen LogP contribution in [0.4, 0.5) is 5.69 Å². The van der Waals surface area contributed by atoms with Crippen LogP contribution in [0.15, 0.2) is 41.3 Å². The summed E-state index contributed by atoms with van der Waals surface area (Å²) in [6.45, 7) is 0.928. The molecule has 31 heavy (non-hydrogen) atoms. The molecule has 1 saturated heterocycles. The summed E-state index contributed by atoms with van der Waals surface area (Å²) in [7, 11) is -2.15. The number of piperidine rings is 1. The number of ether oxygens (including phenoxy) is 1. The first-order chi connectivity index (χ1) is 14.8. The average Bonchev–Trinajstić information content (AvgIpc) is 3.11. The van der Waals surface area contributed by atoms with Crippen molar-refractivity contribution in [2.75, 3.05) is 25.5 Å². The van der Waals surface area contributed by atoms with E-state index in [0.717, 1.165) is 24.0 Å². The minimum absolute atomic E-state index is 0.00851. The molecule has 1 aliphatic heterocycles. The van der Waals surface area contributed by atoms with Crippen LogP contribution in [0, 0.1) is 0 Å². The van der Waals surface area contributed by atoms with Crippen molar-refractivity contribution >= 4 is 54.6 Å². The third-order valence-corrected chi connectivity index (χ3v) is 8.76. The number of benzene rings is 2. The van der Waals surface area contributed by atoms with Crippen molar-refractivity contribution in [3.63, 3.8) is 0 Å². The fourth-order valence-electron chi connectivity index (χ4n) is 3.53. The third kappa shape index (κ3) is 4.23. The molecular formula is C21H21ClN2O5S2. The van der Waals surface area contributed by atoms with Crippen LogP contribution in [0.3, 0.4) is 0 Å². The molecule has 7 nitrogen and oxygen atoms in total. The van der Waals surface area contributed by atoms with Gasteiger partial charge in [0.15, 0.2) is 0 Å². The normalized spacial score (nSPS) is 15.2. The quantitative estimate of drug-likeness (QED) is 0.516. The number of halogens is 1. The van der Waals surface area contributed by atoms with Crippen molar-refractivity contribution in [3.05, 3.63) is 46.3 Å². The van der Waals surface area contributed by atoms with Gasteiger partial charge in [-0.1, -0.05) is 18.0 Å². The number of carbonyl (C=O) groups excluding carboxylic acids is 1. The number of phenolic OH excluding ortho intramolecular Hbond substituents is 1. The molecule has 1 aliphatic rings. The van der Waals surface area contributed by atoms with Gasteiger partial charge in [0.05, 0.1) is 22.7 Å². The molecule has 10 heteroatoms. The molecule has 164 valence electrons. The first-order valence-electron chi connectivity index (χ1n) is 9.72. The van der Waals surface area contributed by atoms with Crippen molar-refractivity contribution < 1.29 is 23.1 Å². The molecule has 2 heterocycles. The number of nitrogens with one attached hydrogen (secondary N) is 1. The number of amides is 1. The molecule has 0 bridgehead atoms. The van der Waals surface area contributed by atoms with Crippen LogP contribution < -0.4 is 10.1 Å². The maximum absolute atomic E-state index is 12.9. The maximum Gasteiger partial charge on any atom is 0.267 e. The van der Waals surface area contributed by atoms with Crippen LogP contribution in [-0.4, -0.2) is 43.9 Å². The highest BCUT2D eigenvalue weighted by Crippen LogP contribution is 2.38. The minimum Gasteiger partial charge on any atom is -0.506 e. The van der Waals surface area contributed by atoms with Gasteiger partial charge in [-0.15, -0.1) is 11.3 Å². The number of methoxy groups -OCH3 is 1. The lowest BCUT2D eigenvalue weighted by Crippen LogP contribution is -2.35. The zero-order chi connectivity index (χ0) is 22.2. The smallest absolute Gasteiger partial charge is 0.267 e. The summed E-state index contributed by atoms with van der Waals surface area (Å²) in [5, 5.41) is 13.8. The van der Waals surface area contributed by atoms with Gasteiger partial charge < -0.3 is 15.2 Å². The number of nitrogens with zero attached hydrogens (tertiary/aromatic N) is 1. The highest BCUT2D eigenvalue weighted by molar-refractivity contribution is 7.89. The topological polar surface area (TPSA) is 95.9 Å². The maximum atomic E-state index is 12.9. The van der Waals surface area contributed by atoms with E-state index >= 15 is 0 Å². The van der Waals surface area contributed by atoms with Gasteiger partial charge in [0, 0.05) is 23.2 Å². The number of sulfonamides is 1. The summed E-state index contributed by atoms with van der Waals surface area (Å²) in [5.74, 6) is -0.122. The third-order valence-electron chi connectivity index (χ3n) is 5.21. The van der Waals surface area contributed by atoms with E-state index < -0.39 is 15.9 Å². The molecule has 0 unspecified atom stereocenters. The van der Waals surface area contributed by atoms with Gasteiger partial charge in [0.1, 0.15) is 16.4 Å². The Morgan fingerprint density at radius 2 is 1.90 bits per heavy atom. The number of phenols is 1. The Hall–Kier alpha value is -2.33. The van der Waals surface area contributed by atoms with Crippen molar-refractivity contribution in [3.8, 4) is 11.5 Å². The summed E-state index contributed by atoms with van der Waals surface area (Å²) in [6.07, 6.45) is 2.64. The standard InChI is InChI=1S/C21H21ClN2O5S2/c1-29-13-5-7-15-18(11-13)30-20(19(15)22)21(26)23-16-12-14(6-8-17(16)25)31(27,28)24-9-3-2-4-10-24/h5-8,11-12,25H,2-4,9-10H2,1H3,(H,23,26). The molecule has 1 amide bonds. The van der Waals surface area contributed by atoms with Crippen LogP contribution in [0.2, 0.25) is 5.02 Å². The molecule has 0 saturated carbocycles. The van der Waals surface area contributed by atoms with E-state index in [0.29, 0.717) is 24.2 Å². The Morgan fingerprint density at radius 3 is 2.61 bits per heavy atom. The minimum atomic E-state index is -3.70. The van der Waals surface area contributed by atoms with Gasteiger partial charge >= 0.3 is 0 Å². The molecule has 1 aromatic heterocycles. The van der Waals surface area contributed by atoms with E-state index in [4.69, 9.17) is 16.3 Å². The lowest BCUT2D eigenvalue weighted by atomic mass is 10.2. The molecule has 0 radical (unpaired) electrons. The summed E-state index contributed by atoms with van der Waals surface area (Å²) >= 11 is 7.59. The molecule has 3 aromatic rings. The zero-order valence-electron chi connectivity index (χ0n) is 16.7. The first-order valence-corrected chi connectivity index (χ1v) is 12.4. The van der Waals surface area contributed by atoms with Crippen LogP contribution in [0.25, 0.3) is 10.1 Å². The number of aromatic hydroxyl groups is 1. The second kappa shape index (κ2) is 8.66. The predicted octanol–water partition coefficient (Wildman–Crippen LogP) is 4.70. The Bertz CT molecular complexity index is 1250. The Balaban J connectivity index is 1.63. The van der Waals surface area contributed by atoms with Crippen molar-refractivity contribution in [1.82, 2.24) is 4.31 Å². The van der Waals surface area contributed by atoms with Crippen LogP contribution >= 0.6 is 22.9 Å². The largest absolute Gasteiger partial charge is 0.506 e. The van der Waals surface area contributed by atoms with E-state index in [-0.39, 0.29) is 26.2 Å². The van der Waals surface area contributed by atoms with E-state index in [1.807, 2.05) is 0 Å². The van der Waals surface area contributed by atoms with Crippen molar-refractivity contribution in [2.24, 2.45) is 0 Å². The number of anilines is 1. The fraction of sp³-hybridized carbons (Fsp3) is 0.286. The van der Waals surface area contributed by atoms with E-state index in [2.05, 4.69) is 5.32 Å². The number of hydrogen-bond acceptors (Lipinski definition) is 6. The van der Waals surface area contributed by atoms with Gasteiger partial charge in [0.2, 0.25) is 10.0 Å². The summed E-state index contributed by atoms with van der Waals surface area (Å²) in [4.78, 5) is 13.2. The van der Waals surface area contributed by atoms with Gasteiger partial charge in [-0.3, -0.25) is 4.79 Å². The van der Waals surface area contributed by atoms with Gasteiger partial charge in [0.25, 0.3) is 5.91 Å². The lowest BCUT2D eigenvalue weighted by molar-refractivity contribution is 0.103. The van der Waals surface area contributed by atoms with Gasteiger partial charge in [-0.2, -0.15) is 4.31 Å². The Morgan fingerprint density at radius 1 is 1.16 bits per heavy atom. The van der Waals surface area contributed by atoms with Gasteiger partial charge in [-0.05, 0) is 49.2 Å². The van der Waals surface area contributed by atoms with Crippen molar-refractivity contribution in [1.29, 1.82) is 0 Å². The predicted molar refractivity (Wildman–Crippen MR) is 122 cm³/mol. The number of fused-ring (bicyclic) bond motifs is 1. The Kier molecular flexibility index (Phi) is 6.11. The van der Waals surface area contributed by atoms with Crippen molar-refractivity contribution in [2.45, 2.75) is 24.2 Å². The zero-order valence-corrected chi connectivity index (χ0v) is 19.1. The van der Waals surface area contributed by atoms with E-state index in [1.54, 1.807) is 25.3 Å². The van der Waals surface area contributed by atoms with Gasteiger partial charge in [-0.25, -0.2) is 8.42 Å². The number of carbonyl (C=O) groups is 1. The average molecular weight is 481 g/mol. The summed E-state index contributed by atoms with van der Waals surface area (Å²) in [6, 6.07) is 9.20. The second-order valence-electron chi connectivity index (χ2n) is 7.21. The molecule has 2 N–H and O–H groups in total. The Labute approximate surface area is 189 Å². The van der Waals surface area contributed by atoms with E-state index in [1.165, 1.54) is 33.8 Å². The second-order valence-corrected chi connectivity index (χ2v) is 10.6. The molecule has 4 rings (SSSR count). The molecule has 0 spiro atoms. The molecule has 1 fully saturated rings. The summed E-state index contributed by atoms with van der Waals surface area (Å²) < 4.78 is 33.3. The lowest BCUT2D eigenvalue weighted by Gasteiger charge is -2.26. The van der Waals surface area contributed by atoms with Crippen LogP contribution in [-0.2, 0) is 10.0 Å². The van der Waals surface area contributed by atoms with Crippen LogP contribution in [0.5, 0.6) is 11.5 Å². The fourth-order valence-corrected chi connectivity index (χ4v) is 6.51. The summed E-state index contributed by atoms with van der Waals surface area (Å²) in [5.41, 5.74) is 0.00851. The molecule has 2 aromatic carbocycles. The van der Waals surface area contributed by atoms with E-state index in [9.17, 15) is 18.3 Å². The monoisotopic (exact) mass is 480 g/mol. The SMILES string of the molecule is COc1ccc2c(Cl)c(C(=O)Nc3cc(S(=O)(=O)N4CCCCC4)ccc3O)sc2c1. The molecule has 0 atom stereocenters. The molecular weight excluding hydrogens is 460 g/mol.